The lowest BCUT2D eigenvalue weighted by molar-refractivity contribution is 0.858. The van der Waals surface area contributed by atoms with Crippen molar-refractivity contribution >= 4 is 22.5 Å². The number of aryl methyl sites for hydroxylation is 2. The van der Waals surface area contributed by atoms with E-state index in [9.17, 15) is 0 Å². The highest BCUT2D eigenvalue weighted by molar-refractivity contribution is 8.68. The van der Waals surface area contributed by atoms with E-state index in [0.29, 0.717) is 0 Å². The van der Waals surface area contributed by atoms with Crippen LogP contribution in [0.5, 0.6) is 0 Å². The molecule has 0 aliphatic rings. The molecule has 50 valence electrons. The monoisotopic (exact) mass is 160 g/mol. The number of rotatable bonds is 1. The van der Waals surface area contributed by atoms with Gasteiger partial charge in [-0.25, -0.2) is 4.98 Å². The van der Waals surface area contributed by atoms with Crippen molar-refractivity contribution in [2.24, 2.45) is 7.05 Å². The van der Waals surface area contributed by atoms with Gasteiger partial charge in [0, 0.05) is 13.2 Å². The minimum absolute atomic E-state index is 0.957. The van der Waals surface area contributed by atoms with Crippen LogP contribution in [0, 0.1) is 6.92 Å². The summed E-state index contributed by atoms with van der Waals surface area (Å²) in [6.45, 7) is 1.97. The molecule has 4 heteroatoms. The maximum absolute atomic E-state index is 4.18. The SMILES string of the molecule is Cc1nc(SS)cn1C. The Morgan fingerprint density at radius 3 is 2.67 bits per heavy atom. The number of aromatic nitrogens is 2. The smallest absolute Gasteiger partial charge is 0.125 e. The topological polar surface area (TPSA) is 17.8 Å². The van der Waals surface area contributed by atoms with Crippen LogP contribution in [0.15, 0.2) is 11.2 Å². The van der Waals surface area contributed by atoms with Gasteiger partial charge in [0.2, 0.25) is 0 Å². The van der Waals surface area contributed by atoms with Gasteiger partial charge in [0.25, 0.3) is 0 Å². The standard InChI is InChI=1S/C5H8N2S2/c1-4-6-5(9-8)3-7(4)2/h3,8H,1-2H3. The quantitative estimate of drug-likeness (QED) is 0.497. The van der Waals surface area contributed by atoms with Crippen LogP contribution in [0.2, 0.25) is 0 Å². The van der Waals surface area contributed by atoms with E-state index in [0.717, 1.165) is 10.9 Å². The van der Waals surface area contributed by atoms with E-state index in [-0.39, 0.29) is 0 Å². The van der Waals surface area contributed by atoms with Gasteiger partial charge in [0.15, 0.2) is 0 Å². The molecular formula is C5H8N2S2. The van der Waals surface area contributed by atoms with E-state index >= 15 is 0 Å². The van der Waals surface area contributed by atoms with Crippen molar-refractivity contribution in [3.05, 3.63) is 12.0 Å². The lowest BCUT2D eigenvalue weighted by Crippen LogP contribution is -1.86. The zero-order valence-corrected chi connectivity index (χ0v) is 7.04. The van der Waals surface area contributed by atoms with Crippen LogP contribution in [-0.4, -0.2) is 9.55 Å². The maximum atomic E-state index is 4.18. The second-order valence-corrected chi connectivity index (χ2v) is 2.98. The molecule has 0 radical (unpaired) electrons. The normalized spacial score (nSPS) is 10.1. The van der Waals surface area contributed by atoms with Gasteiger partial charge in [-0.2, -0.15) is 0 Å². The molecule has 9 heavy (non-hydrogen) atoms. The Morgan fingerprint density at radius 2 is 2.44 bits per heavy atom. The van der Waals surface area contributed by atoms with Gasteiger partial charge in [-0.15, -0.1) is 11.7 Å². The van der Waals surface area contributed by atoms with Gasteiger partial charge in [-0.1, -0.05) is 0 Å². The summed E-state index contributed by atoms with van der Waals surface area (Å²) in [5.74, 6) is 1.02. The fraction of sp³-hybridized carbons (Fsp3) is 0.400. The first-order chi connectivity index (χ1) is 4.24. The van der Waals surface area contributed by atoms with Crippen LogP contribution in [0.4, 0.5) is 0 Å². The van der Waals surface area contributed by atoms with Crippen LogP contribution in [0.25, 0.3) is 0 Å². The van der Waals surface area contributed by atoms with Gasteiger partial charge in [0.1, 0.15) is 10.9 Å². The summed E-state index contributed by atoms with van der Waals surface area (Å²) in [5.41, 5.74) is 0. The highest BCUT2D eigenvalue weighted by Crippen LogP contribution is 2.18. The summed E-state index contributed by atoms with van der Waals surface area (Å²) < 4.78 is 1.97. The van der Waals surface area contributed by atoms with Gasteiger partial charge in [-0.3, -0.25) is 0 Å². The van der Waals surface area contributed by atoms with Gasteiger partial charge < -0.3 is 4.57 Å². The summed E-state index contributed by atoms with van der Waals surface area (Å²) in [4.78, 5) is 4.18. The minimum atomic E-state index is 0.957. The molecular weight excluding hydrogens is 152 g/mol. The van der Waals surface area contributed by atoms with Crippen LogP contribution in [-0.2, 0) is 7.05 Å². The molecule has 1 rings (SSSR count). The second-order valence-electron chi connectivity index (χ2n) is 1.83. The van der Waals surface area contributed by atoms with Crippen molar-refractivity contribution in [1.29, 1.82) is 0 Å². The van der Waals surface area contributed by atoms with Gasteiger partial charge in [-0.05, 0) is 17.7 Å². The van der Waals surface area contributed by atoms with Crippen molar-refractivity contribution in [3.63, 3.8) is 0 Å². The summed E-state index contributed by atoms with van der Waals surface area (Å²) in [7, 11) is 3.33. The molecule has 0 aromatic carbocycles. The summed E-state index contributed by atoms with van der Waals surface area (Å²) in [5, 5.41) is 0.957. The zero-order valence-electron chi connectivity index (χ0n) is 5.33. The van der Waals surface area contributed by atoms with Gasteiger partial charge >= 0.3 is 0 Å². The molecule has 0 amide bonds. The van der Waals surface area contributed by atoms with E-state index < -0.39 is 0 Å². The third-order valence-electron chi connectivity index (χ3n) is 1.18. The summed E-state index contributed by atoms with van der Waals surface area (Å²) >= 11 is 4.01. The Balaban J connectivity index is 2.98. The first kappa shape index (κ1) is 7.02. The van der Waals surface area contributed by atoms with Crippen molar-refractivity contribution in [3.8, 4) is 0 Å². The molecule has 0 saturated heterocycles. The number of thiol groups is 1. The number of hydrogen-bond acceptors (Lipinski definition) is 3. The highest BCUT2D eigenvalue weighted by atomic mass is 33.1. The lowest BCUT2D eigenvalue weighted by atomic mass is 10.7. The summed E-state index contributed by atoms with van der Waals surface area (Å²) in [6, 6.07) is 0. The molecule has 0 aliphatic carbocycles. The average Bonchev–Trinajstić information content (AvgIpc) is 2.13. The molecule has 0 unspecified atom stereocenters. The number of imidazole rings is 1. The molecule has 1 heterocycles. The zero-order chi connectivity index (χ0) is 6.85. The molecule has 0 saturated carbocycles. The molecule has 0 aliphatic heterocycles. The third-order valence-corrected chi connectivity index (χ3v) is 2.12. The molecule has 1 aromatic rings. The predicted octanol–water partition coefficient (Wildman–Crippen LogP) is 1.67. The number of hydrogen-bond donors (Lipinski definition) is 1. The fourth-order valence-electron chi connectivity index (χ4n) is 0.570. The van der Waals surface area contributed by atoms with Crippen LogP contribution in [0.3, 0.4) is 0 Å². The molecule has 0 fully saturated rings. The van der Waals surface area contributed by atoms with E-state index in [4.69, 9.17) is 0 Å². The third kappa shape index (κ3) is 1.43. The average molecular weight is 160 g/mol. The fourth-order valence-corrected chi connectivity index (χ4v) is 1.21. The molecule has 0 bridgehead atoms. The minimum Gasteiger partial charge on any atom is -0.337 e. The van der Waals surface area contributed by atoms with Crippen LogP contribution in [0.1, 0.15) is 5.82 Å². The predicted molar refractivity (Wildman–Crippen MR) is 42.8 cm³/mol. The Bertz CT molecular complexity index is 187. The van der Waals surface area contributed by atoms with Crippen LogP contribution < -0.4 is 0 Å². The van der Waals surface area contributed by atoms with Crippen LogP contribution >= 0.6 is 22.5 Å². The van der Waals surface area contributed by atoms with E-state index in [1.165, 1.54) is 10.8 Å². The first-order valence-electron chi connectivity index (χ1n) is 2.55. The van der Waals surface area contributed by atoms with Gasteiger partial charge in [0.05, 0.1) is 0 Å². The molecule has 1 aromatic heterocycles. The highest BCUT2D eigenvalue weighted by Gasteiger charge is 1.96. The number of nitrogens with zero attached hydrogens (tertiary/aromatic N) is 2. The largest absolute Gasteiger partial charge is 0.337 e. The van der Waals surface area contributed by atoms with E-state index in [2.05, 4.69) is 16.6 Å². The Hall–Kier alpha value is -0.0900. The maximum Gasteiger partial charge on any atom is 0.125 e. The first-order valence-corrected chi connectivity index (χ1v) is 4.42. The second kappa shape index (κ2) is 2.66. The van der Waals surface area contributed by atoms with Crippen molar-refractivity contribution in [1.82, 2.24) is 9.55 Å². The molecule has 0 spiro atoms. The van der Waals surface area contributed by atoms with Crippen molar-refractivity contribution in [2.45, 2.75) is 11.9 Å². The lowest BCUT2D eigenvalue weighted by Gasteiger charge is -1.87. The molecule has 0 N–H and O–H groups in total. The van der Waals surface area contributed by atoms with Crippen molar-refractivity contribution < 1.29 is 0 Å². The molecule has 0 atom stereocenters. The molecule has 2 nitrogen and oxygen atoms in total. The summed E-state index contributed by atoms with van der Waals surface area (Å²) in [6.07, 6.45) is 1.95. The van der Waals surface area contributed by atoms with E-state index in [1.54, 1.807) is 0 Å². The Kier molecular flexibility index (Phi) is 2.08. The Morgan fingerprint density at radius 1 is 1.78 bits per heavy atom. The van der Waals surface area contributed by atoms with Crippen molar-refractivity contribution in [2.75, 3.05) is 0 Å². The Labute approximate surface area is 63.5 Å². The van der Waals surface area contributed by atoms with E-state index in [1.807, 2.05) is 24.7 Å².